The first kappa shape index (κ1) is 21.9. The molecule has 5 aromatic heterocycles. The third-order valence-electron chi connectivity index (χ3n) is 7.26. The van der Waals surface area contributed by atoms with E-state index in [2.05, 4.69) is 60.0 Å². The summed E-state index contributed by atoms with van der Waals surface area (Å²) in [6.45, 7) is 8.10. The average Bonchev–Trinajstić information content (AvgIpc) is 3.55. The van der Waals surface area contributed by atoms with Gasteiger partial charge in [-0.15, -0.1) is 0 Å². The molecule has 0 aromatic carbocycles. The standard InChI is InChI=1S/C27H28N10/c1-16(17-3-4-17)30-19-11-18(12-28-13-19)20-5-6-21-25(31-20)26(35-34-21)27-32-22-14-29-15-23(24(22)33-27)37-9-7-36(2)8-10-37/h5-6,11-15,17,30H,1,3-4,7-10H2,2H3,(H,32,33)(H,34,35). The van der Waals surface area contributed by atoms with Crippen LogP contribution >= 0.6 is 0 Å². The van der Waals surface area contributed by atoms with Crippen LogP contribution < -0.4 is 10.2 Å². The van der Waals surface area contributed by atoms with E-state index in [1.807, 2.05) is 36.9 Å². The Balaban J connectivity index is 1.24. The number of pyridine rings is 3. The van der Waals surface area contributed by atoms with Crippen molar-refractivity contribution in [2.24, 2.45) is 5.92 Å². The number of allylic oxidation sites excluding steroid dienone is 1. The van der Waals surface area contributed by atoms with E-state index in [4.69, 9.17) is 9.97 Å². The van der Waals surface area contributed by atoms with Gasteiger partial charge in [0.1, 0.15) is 11.0 Å². The minimum absolute atomic E-state index is 0.572. The van der Waals surface area contributed by atoms with Crippen LogP contribution in [-0.2, 0) is 0 Å². The molecule has 0 radical (unpaired) electrons. The van der Waals surface area contributed by atoms with Gasteiger partial charge in [0.05, 0.1) is 46.7 Å². The normalized spacial score (nSPS) is 16.5. The Labute approximate surface area is 213 Å². The number of hydrogen-bond donors (Lipinski definition) is 3. The Hall–Kier alpha value is -4.31. The van der Waals surface area contributed by atoms with Gasteiger partial charge in [-0.2, -0.15) is 5.10 Å². The lowest BCUT2D eigenvalue weighted by Gasteiger charge is -2.33. The molecular weight excluding hydrogens is 464 g/mol. The van der Waals surface area contributed by atoms with Crippen molar-refractivity contribution in [3.63, 3.8) is 0 Å². The summed E-state index contributed by atoms with van der Waals surface area (Å²) >= 11 is 0. The van der Waals surface area contributed by atoms with Crippen molar-refractivity contribution in [1.29, 1.82) is 0 Å². The summed E-state index contributed by atoms with van der Waals surface area (Å²) in [5, 5.41) is 11.1. The third kappa shape index (κ3) is 4.09. The third-order valence-corrected chi connectivity index (χ3v) is 7.26. The molecular formula is C27H28N10. The van der Waals surface area contributed by atoms with Gasteiger partial charge < -0.3 is 20.1 Å². The molecule has 0 spiro atoms. The molecule has 0 bridgehead atoms. The van der Waals surface area contributed by atoms with E-state index in [1.165, 1.54) is 12.8 Å². The highest BCUT2D eigenvalue weighted by atomic mass is 15.3. The highest BCUT2D eigenvalue weighted by Gasteiger charge is 2.25. The molecule has 6 heterocycles. The molecule has 1 saturated carbocycles. The van der Waals surface area contributed by atoms with Gasteiger partial charge in [0.2, 0.25) is 0 Å². The van der Waals surface area contributed by atoms with Crippen LogP contribution in [0.25, 0.3) is 44.8 Å². The molecule has 37 heavy (non-hydrogen) atoms. The summed E-state index contributed by atoms with van der Waals surface area (Å²) in [4.78, 5) is 26.9. The molecule has 10 nitrogen and oxygen atoms in total. The van der Waals surface area contributed by atoms with Crippen molar-refractivity contribution in [2.45, 2.75) is 12.8 Å². The molecule has 1 aliphatic carbocycles. The fraction of sp³-hybridized carbons (Fsp3) is 0.296. The number of piperazine rings is 1. The molecule has 0 atom stereocenters. The molecule has 186 valence electrons. The summed E-state index contributed by atoms with van der Waals surface area (Å²) in [5.41, 5.74) is 8.84. The summed E-state index contributed by atoms with van der Waals surface area (Å²) in [6.07, 6.45) is 9.78. The van der Waals surface area contributed by atoms with Crippen LogP contribution in [0.15, 0.2) is 55.3 Å². The fourth-order valence-corrected chi connectivity index (χ4v) is 4.90. The minimum Gasteiger partial charge on any atom is -0.366 e. The van der Waals surface area contributed by atoms with Crippen LogP contribution in [0, 0.1) is 5.92 Å². The highest BCUT2D eigenvalue weighted by molar-refractivity contribution is 5.94. The number of hydrogen-bond acceptors (Lipinski definition) is 8. The second kappa shape index (κ2) is 8.67. The number of nitrogens with one attached hydrogen (secondary N) is 3. The maximum absolute atomic E-state index is 4.97. The van der Waals surface area contributed by atoms with E-state index < -0.39 is 0 Å². The molecule has 0 unspecified atom stereocenters. The van der Waals surface area contributed by atoms with E-state index in [0.29, 0.717) is 17.4 Å². The number of aromatic amines is 2. The van der Waals surface area contributed by atoms with Crippen LogP contribution in [-0.4, -0.2) is 73.2 Å². The van der Waals surface area contributed by atoms with Gasteiger partial charge in [0.25, 0.3) is 0 Å². The largest absolute Gasteiger partial charge is 0.366 e. The molecule has 10 heteroatoms. The first-order valence-corrected chi connectivity index (χ1v) is 12.7. The summed E-state index contributed by atoms with van der Waals surface area (Å²) in [5.74, 6) is 1.24. The number of fused-ring (bicyclic) bond motifs is 2. The highest BCUT2D eigenvalue weighted by Crippen LogP contribution is 2.36. The predicted molar refractivity (Wildman–Crippen MR) is 145 cm³/mol. The number of likely N-dealkylation sites (N-methyl/N-ethyl adjacent to an activating group) is 1. The van der Waals surface area contributed by atoms with Crippen molar-refractivity contribution >= 4 is 33.4 Å². The zero-order valence-corrected chi connectivity index (χ0v) is 20.7. The Bertz CT molecular complexity index is 1620. The van der Waals surface area contributed by atoms with Gasteiger partial charge in [0.15, 0.2) is 11.5 Å². The quantitative estimate of drug-likeness (QED) is 0.325. The first-order chi connectivity index (χ1) is 18.1. The molecule has 5 aromatic rings. The van der Waals surface area contributed by atoms with Crippen LogP contribution in [0.4, 0.5) is 11.4 Å². The minimum atomic E-state index is 0.572. The second-order valence-electron chi connectivity index (χ2n) is 9.98. The van der Waals surface area contributed by atoms with E-state index >= 15 is 0 Å². The molecule has 7 rings (SSSR count). The van der Waals surface area contributed by atoms with Crippen LogP contribution in [0.5, 0.6) is 0 Å². The number of rotatable bonds is 6. The number of aromatic nitrogens is 7. The van der Waals surface area contributed by atoms with E-state index in [1.54, 1.807) is 0 Å². The van der Waals surface area contributed by atoms with E-state index in [-0.39, 0.29) is 0 Å². The van der Waals surface area contributed by atoms with Gasteiger partial charge in [0, 0.05) is 43.6 Å². The molecule has 2 fully saturated rings. The van der Waals surface area contributed by atoms with Gasteiger partial charge in [-0.25, -0.2) is 9.97 Å². The Kier molecular flexibility index (Phi) is 5.14. The van der Waals surface area contributed by atoms with E-state index in [0.717, 1.165) is 76.6 Å². The van der Waals surface area contributed by atoms with Gasteiger partial charge in [-0.1, -0.05) is 6.58 Å². The van der Waals surface area contributed by atoms with Gasteiger partial charge >= 0.3 is 0 Å². The van der Waals surface area contributed by atoms with Crippen molar-refractivity contribution in [3.8, 4) is 22.8 Å². The smallest absolute Gasteiger partial charge is 0.161 e. The maximum atomic E-state index is 4.97. The van der Waals surface area contributed by atoms with Crippen molar-refractivity contribution < 1.29 is 0 Å². The maximum Gasteiger partial charge on any atom is 0.161 e. The zero-order valence-electron chi connectivity index (χ0n) is 20.7. The summed E-state index contributed by atoms with van der Waals surface area (Å²) in [7, 11) is 2.15. The van der Waals surface area contributed by atoms with Gasteiger partial charge in [-0.3, -0.25) is 15.1 Å². The SMILES string of the molecule is C=C(Nc1cncc(-c2ccc3[nH]nc(-c4nc5c(N6CCN(C)CC6)cncc5[nH]4)c3n2)c1)C1CC1. The number of anilines is 2. The number of nitrogens with zero attached hydrogens (tertiary/aromatic N) is 7. The Morgan fingerprint density at radius 3 is 2.65 bits per heavy atom. The van der Waals surface area contributed by atoms with Crippen LogP contribution in [0.2, 0.25) is 0 Å². The summed E-state index contributed by atoms with van der Waals surface area (Å²) < 4.78 is 0. The second-order valence-corrected chi connectivity index (χ2v) is 9.98. The van der Waals surface area contributed by atoms with Crippen LogP contribution in [0.1, 0.15) is 12.8 Å². The van der Waals surface area contributed by atoms with Crippen molar-refractivity contribution in [3.05, 3.63) is 55.3 Å². The molecule has 2 aliphatic rings. The van der Waals surface area contributed by atoms with Crippen LogP contribution in [0.3, 0.4) is 0 Å². The Morgan fingerprint density at radius 2 is 1.81 bits per heavy atom. The average molecular weight is 493 g/mol. The lowest BCUT2D eigenvalue weighted by Crippen LogP contribution is -2.44. The summed E-state index contributed by atoms with van der Waals surface area (Å²) in [6, 6.07) is 6.04. The molecule has 0 amide bonds. The monoisotopic (exact) mass is 492 g/mol. The lowest BCUT2D eigenvalue weighted by atomic mass is 10.1. The zero-order chi connectivity index (χ0) is 24.9. The van der Waals surface area contributed by atoms with Crippen molar-refractivity contribution in [2.75, 3.05) is 43.4 Å². The number of imidazole rings is 1. The van der Waals surface area contributed by atoms with Gasteiger partial charge in [-0.05, 0) is 44.0 Å². The fourth-order valence-electron chi connectivity index (χ4n) is 4.90. The molecule has 1 saturated heterocycles. The first-order valence-electron chi connectivity index (χ1n) is 12.7. The lowest BCUT2D eigenvalue weighted by molar-refractivity contribution is 0.313. The molecule has 1 aliphatic heterocycles. The number of H-pyrrole nitrogens is 2. The van der Waals surface area contributed by atoms with Crippen molar-refractivity contribution in [1.82, 2.24) is 40.0 Å². The molecule has 3 N–H and O–H groups in total. The van der Waals surface area contributed by atoms with E-state index in [9.17, 15) is 0 Å². The predicted octanol–water partition coefficient (Wildman–Crippen LogP) is 4.05. The Morgan fingerprint density at radius 1 is 0.973 bits per heavy atom. The topological polar surface area (TPSA) is 115 Å².